The molecule has 0 aliphatic heterocycles. The van der Waals surface area contributed by atoms with Crippen LogP contribution in [-0.4, -0.2) is 174 Å². The van der Waals surface area contributed by atoms with Crippen LogP contribution in [0.4, 0.5) is 0 Å². The predicted molar refractivity (Wildman–Crippen MR) is 174 cm³/mol. The molecule has 10 nitrogen and oxygen atoms in total. The highest BCUT2D eigenvalue weighted by Gasteiger charge is 2.37. The summed E-state index contributed by atoms with van der Waals surface area (Å²) in [6.45, 7) is 0. The summed E-state index contributed by atoms with van der Waals surface area (Å²) >= 11 is 0. The van der Waals surface area contributed by atoms with Gasteiger partial charge in [0.2, 0.25) is 0 Å². The third-order valence-electron chi connectivity index (χ3n) is 7.32. The van der Waals surface area contributed by atoms with Crippen molar-refractivity contribution < 1.29 is 0 Å². The Bertz CT molecular complexity index is 1070. The lowest BCUT2D eigenvalue weighted by Crippen LogP contribution is -2.45. The van der Waals surface area contributed by atoms with Crippen molar-refractivity contribution in [3.8, 4) is 11.3 Å². The second-order valence-electron chi connectivity index (χ2n) is 12.8. The van der Waals surface area contributed by atoms with Gasteiger partial charge in [0, 0.05) is 11.1 Å². The van der Waals surface area contributed by atoms with E-state index < -0.39 is 0 Å². The van der Waals surface area contributed by atoms with E-state index in [0.29, 0.717) is 0 Å². The maximum atomic E-state index is 5.59. The highest BCUT2D eigenvalue weighted by molar-refractivity contribution is 5.71. The van der Waals surface area contributed by atoms with Gasteiger partial charge < -0.3 is 0 Å². The molecule has 0 saturated heterocycles. The van der Waals surface area contributed by atoms with E-state index in [4.69, 9.17) is 5.10 Å². The molecule has 1 aromatic carbocycles. The Morgan fingerprint density at radius 3 is 1.39 bits per heavy atom. The molecule has 0 N–H and O–H groups in total. The third-order valence-corrected chi connectivity index (χ3v) is 7.32. The number of aromatic nitrogens is 2. The molecule has 0 unspecified atom stereocenters. The van der Waals surface area contributed by atoms with E-state index in [2.05, 4.69) is 193 Å². The summed E-state index contributed by atoms with van der Waals surface area (Å²) in [4.78, 5) is 18.0. The average Bonchev–Trinajstić information content (AvgIpc) is 3.19. The summed E-state index contributed by atoms with van der Waals surface area (Å²) in [7, 11) is 34.1. The molecule has 0 atom stereocenters. The van der Waals surface area contributed by atoms with Crippen LogP contribution in [0.1, 0.15) is 23.6 Å². The van der Waals surface area contributed by atoms with Gasteiger partial charge in [-0.1, -0.05) is 30.3 Å². The van der Waals surface area contributed by atoms with Gasteiger partial charge in [-0.3, -0.25) is 39.2 Å². The molecule has 0 aliphatic carbocycles. The zero-order chi connectivity index (χ0) is 31.3. The first-order valence-corrected chi connectivity index (χ1v) is 14.2. The van der Waals surface area contributed by atoms with Gasteiger partial charge in [-0.05, 0) is 119 Å². The van der Waals surface area contributed by atoms with Gasteiger partial charge in [0.15, 0.2) is 0 Å². The summed E-state index contributed by atoms with van der Waals surface area (Å²) in [5.74, 6) is 0. The van der Waals surface area contributed by atoms with Crippen molar-refractivity contribution in [2.45, 2.75) is 24.7 Å². The smallest absolute Gasteiger partial charge is 0.107 e. The minimum atomic E-state index is -0.0342. The van der Waals surface area contributed by atoms with Gasteiger partial charge in [-0.2, -0.15) is 5.10 Å². The number of benzene rings is 1. The molecule has 0 aliphatic rings. The van der Waals surface area contributed by atoms with Crippen LogP contribution < -0.4 is 0 Å². The lowest BCUT2D eigenvalue weighted by molar-refractivity contribution is 0.107. The highest BCUT2D eigenvalue weighted by Crippen LogP contribution is 2.40. The molecule has 2 aromatic rings. The molecule has 0 saturated carbocycles. The molecule has 0 fully saturated rings. The minimum Gasteiger partial charge on any atom is -0.291 e. The average molecular weight is 571 g/mol. The van der Waals surface area contributed by atoms with E-state index in [1.165, 1.54) is 5.56 Å². The fraction of sp³-hybridized carbons (Fsp3) is 0.645. The summed E-state index contributed by atoms with van der Waals surface area (Å²) in [6.07, 6.45) is 2.35. The first kappa shape index (κ1) is 35.0. The molecule has 1 aromatic heterocycles. The van der Waals surface area contributed by atoms with Crippen molar-refractivity contribution in [2.24, 2.45) is 0 Å². The van der Waals surface area contributed by atoms with Crippen LogP contribution in [0.25, 0.3) is 17.0 Å². The topological polar surface area (TPSA) is 43.7 Å². The predicted octanol–water partition coefficient (Wildman–Crippen LogP) is 2.53. The first-order valence-electron chi connectivity index (χ1n) is 14.2. The van der Waals surface area contributed by atoms with E-state index in [9.17, 15) is 0 Å². The van der Waals surface area contributed by atoms with Crippen molar-refractivity contribution in [1.29, 1.82) is 0 Å². The molecule has 1 heterocycles. The van der Waals surface area contributed by atoms with E-state index in [-0.39, 0.29) is 24.7 Å². The van der Waals surface area contributed by atoms with Crippen LogP contribution in [0.3, 0.4) is 0 Å². The normalized spacial score (nSPS) is 13.7. The first-order chi connectivity index (χ1) is 19.0. The fourth-order valence-electron chi connectivity index (χ4n) is 6.05. The second-order valence-corrected chi connectivity index (χ2v) is 12.8. The van der Waals surface area contributed by atoms with Gasteiger partial charge in [0.05, 0.1) is 23.7 Å². The molecule has 0 spiro atoms. The standard InChI is InChI=1S/C31H58N10/c1-33(2)25(34(3)4)22-24(29(35(5)6)36(7)8)41-28(23-20-18-17-19-21-23)26(30(37(9)10)38(11)12)27(32-41)31(39(13)14)40(15)16/h17-22,25,29-31H,1-16H3/b24-22-. The largest absolute Gasteiger partial charge is 0.291 e. The Kier molecular flexibility index (Phi) is 12.7. The van der Waals surface area contributed by atoms with Gasteiger partial charge in [-0.25, -0.2) is 4.68 Å². The van der Waals surface area contributed by atoms with E-state index in [0.717, 1.165) is 22.6 Å². The van der Waals surface area contributed by atoms with E-state index in [1.807, 2.05) is 0 Å². The lowest BCUT2D eigenvalue weighted by Gasteiger charge is -2.36. The Labute approximate surface area is 251 Å². The number of likely N-dealkylation sites (N-methyl/N-ethyl adjacent to an activating group) is 4. The molecule has 0 bridgehead atoms. The van der Waals surface area contributed by atoms with Crippen molar-refractivity contribution >= 4 is 5.70 Å². The van der Waals surface area contributed by atoms with Crippen LogP contribution in [0.15, 0.2) is 36.4 Å². The van der Waals surface area contributed by atoms with Crippen LogP contribution in [0, 0.1) is 0 Å². The maximum absolute atomic E-state index is 5.59. The highest BCUT2D eigenvalue weighted by atomic mass is 15.4. The Hall–Kier alpha value is -2.15. The minimum absolute atomic E-state index is 0.00624. The van der Waals surface area contributed by atoms with Crippen LogP contribution in [0.2, 0.25) is 0 Å². The number of rotatable bonds is 14. The SMILES string of the molecule is CN(C)C(/C=C(/C(N(C)C)N(C)C)n1nc(C(N(C)C)N(C)C)c(C(N(C)C)N(C)C)c1-c1ccccc1)N(C)C. The van der Waals surface area contributed by atoms with E-state index >= 15 is 0 Å². The van der Waals surface area contributed by atoms with Crippen molar-refractivity contribution in [3.63, 3.8) is 0 Å². The van der Waals surface area contributed by atoms with Gasteiger partial charge in [0.1, 0.15) is 18.0 Å². The molecule has 232 valence electrons. The molecular formula is C31H58N10. The second kappa shape index (κ2) is 14.8. The van der Waals surface area contributed by atoms with E-state index in [1.54, 1.807) is 0 Å². The molecule has 41 heavy (non-hydrogen) atoms. The van der Waals surface area contributed by atoms with Crippen LogP contribution >= 0.6 is 0 Å². The molecule has 0 radical (unpaired) electrons. The van der Waals surface area contributed by atoms with Gasteiger partial charge in [0.25, 0.3) is 0 Å². The lowest BCUT2D eigenvalue weighted by atomic mass is 9.99. The number of hydrogen-bond donors (Lipinski definition) is 0. The number of hydrogen-bond acceptors (Lipinski definition) is 9. The quantitative estimate of drug-likeness (QED) is 0.319. The Morgan fingerprint density at radius 2 is 1.02 bits per heavy atom. The fourth-order valence-corrected chi connectivity index (χ4v) is 6.05. The Balaban J connectivity index is 3.28. The Morgan fingerprint density at radius 1 is 0.585 bits per heavy atom. The summed E-state index contributed by atoms with van der Waals surface area (Å²) in [5.41, 5.74) is 5.59. The van der Waals surface area contributed by atoms with Crippen LogP contribution in [0.5, 0.6) is 0 Å². The maximum Gasteiger partial charge on any atom is 0.107 e. The van der Waals surface area contributed by atoms with Crippen LogP contribution in [-0.2, 0) is 0 Å². The summed E-state index contributed by atoms with van der Waals surface area (Å²) < 4.78 is 2.23. The van der Waals surface area contributed by atoms with Gasteiger partial charge >= 0.3 is 0 Å². The summed E-state index contributed by atoms with van der Waals surface area (Å²) in [6, 6.07) is 10.7. The monoisotopic (exact) mass is 570 g/mol. The zero-order valence-electron chi connectivity index (χ0n) is 28.7. The van der Waals surface area contributed by atoms with Crippen molar-refractivity contribution in [3.05, 3.63) is 47.7 Å². The summed E-state index contributed by atoms with van der Waals surface area (Å²) in [5, 5.41) is 5.59. The zero-order valence-corrected chi connectivity index (χ0v) is 28.7. The van der Waals surface area contributed by atoms with Crippen molar-refractivity contribution in [2.75, 3.05) is 113 Å². The number of nitrogens with zero attached hydrogens (tertiary/aromatic N) is 10. The molecule has 10 heteroatoms. The molecule has 0 amide bonds. The third kappa shape index (κ3) is 8.03. The van der Waals surface area contributed by atoms with Crippen molar-refractivity contribution in [1.82, 2.24) is 49.0 Å². The molecule has 2 rings (SSSR count). The van der Waals surface area contributed by atoms with Gasteiger partial charge in [-0.15, -0.1) is 0 Å². The molecular weight excluding hydrogens is 512 g/mol.